The predicted octanol–water partition coefficient (Wildman–Crippen LogP) is 13.3. The van der Waals surface area contributed by atoms with Crippen LogP contribution in [0.5, 0.6) is 0 Å². The van der Waals surface area contributed by atoms with Crippen molar-refractivity contribution in [3.8, 4) is 33.4 Å². The van der Waals surface area contributed by atoms with Gasteiger partial charge in [0.15, 0.2) is 8.07 Å². The Morgan fingerprint density at radius 1 is 0.246 bits per heavy atom. The second-order valence-electron chi connectivity index (χ2n) is 17.0. The molecular weight excluding hydrogens is 749 g/mol. The summed E-state index contributed by atoms with van der Waals surface area (Å²) in [4.78, 5) is 0. The average Bonchev–Trinajstić information content (AvgIpc) is 3.95. The molecule has 0 nitrogen and oxygen atoms in total. The maximum absolute atomic E-state index is 2.79. The van der Waals surface area contributed by atoms with Gasteiger partial charge in [-0.2, -0.15) is 0 Å². The summed E-state index contributed by atoms with van der Waals surface area (Å²) in [5, 5.41) is 24.6. The van der Waals surface area contributed by atoms with Crippen LogP contribution in [-0.2, 0) is 0 Å². The van der Waals surface area contributed by atoms with Crippen LogP contribution < -0.4 is 20.7 Å². The zero-order valence-corrected chi connectivity index (χ0v) is 34.3. The van der Waals surface area contributed by atoms with E-state index >= 15 is 0 Å². The highest BCUT2D eigenvalue weighted by Gasteiger charge is 2.50. The van der Waals surface area contributed by atoms with Gasteiger partial charge in [0.2, 0.25) is 0 Å². The monoisotopic (exact) mass is 784 g/mol. The molecule has 13 aromatic rings. The SMILES string of the molecule is c1ccc(-c2c3cc4c5ccccc5c5cccc(c3c(-c3ccccc3)c3c6cccc7c8c(cc(c23)c76)-c2ccccc2[Si]8(c2ccccc2)c2ccccc2)c54)cc1. The lowest BCUT2D eigenvalue weighted by molar-refractivity contribution is 1.68. The molecule has 0 aromatic heterocycles. The van der Waals surface area contributed by atoms with Crippen molar-refractivity contribution in [2.45, 2.75) is 0 Å². The molecule has 0 unspecified atom stereocenters. The Morgan fingerprint density at radius 2 is 0.721 bits per heavy atom. The van der Waals surface area contributed by atoms with Gasteiger partial charge in [-0.1, -0.05) is 206 Å². The molecule has 0 atom stereocenters. The molecule has 0 fully saturated rings. The van der Waals surface area contributed by atoms with Crippen LogP contribution in [0.2, 0.25) is 0 Å². The van der Waals surface area contributed by atoms with E-state index in [0.717, 1.165) is 0 Å². The van der Waals surface area contributed by atoms with Gasteiger partial charge >= 0.3 is 0 Å². The molecule has 1 aliphatic rings. The van der Waals surface area contributed by atoms with E-state index in [1.165, 1.54) is 130 Å². The van der Waals surface area contributed by atoms with Gasteiger partial charge in [-0.25, -0.2) is 0 Å². The summed E-state index contributed by atoms with van der Waals surface area (Å²) in [6.07, 6.45) is 0. The van der Waals surface area contributed by atoms with Crippen LogP contribution in [0.1, 0.15) is 0 Å². The van der Waals surface area contributed by atoms with Gasteiger partial charge in [0.25, 0.3) is 0 Å². The maximum Gasteiger partial charge on any atom is 0.181 e. The minimum absolute atomic E-state index is 1.25. The van der Waals surface area contributed by atoms with Gasteiger partial charge in [0, 0.05) is 0 Å². The Hall–Kier alpha value is -7.58. The molecule has 0 saturated carbocycles. The molecule has 0 N–H and O–H groups in total. The fourth-order valence-corrected chi connectivity index (χ4v) is 17.4. The van der Waals surface area contributed by atoms with Crippen LogP contribution in [0, 0.1) is 0 Å². The molecule has 14 rings (SSSR count). The first-order valence-electron chi connectivity index (χ1n) is 21.4. The molecule has 0 aliphatic carbocycles. The first kappa shape index (κ1) is 33.3. The number of rotatable bonds is 4. The Bertz CT molecular complexity index is 3850. The first-order valence-corrected chi connectivity index (χ1v) is 23.4. The van der Waals surface area contributed by atoms with Gasteiger partial charge in [0.05, 0.1) is 0 Å². The van der Waals surface area contributed by atoms with Crippen molar-refractivity contribution in [1.82, 2.24) is 0 Å². The van der Waals surface area contributed by atoms with Crippen molar-refractivity contribution in [2.75, 3.05) is 0 Å². The zero-order valence-electron chi connectivity index (χ0n) is 33.3. The largest absolute Gasteiger partial charge is 0.181 e. The third-order valence-corrected chi connectivity index (χ3v) is 19.1. The predicted molar refractivity (Wildman–Crippen MR) is 265 cm³/mol. The fourth-order valence-electron chi connectivity index (χ4n) is 12.0. The molecule has 1 heterocycles. The summed E-state index contributed by atoms with van der Waals surface area (Å²) in [6.45, 7) is 0. The average molecular weight is 785 g/mol. The molecule has 0 bridgehead atoms. The third kappa shape index (κ3) is 4.19. The van der Waals surface area contributed by atoms with Crippen molar-refractivity contribution in [1.29, 1.82) is 0 Å². The lowest BCUT2D eigenvalue weighted by Gasteiger charge is -2.32. The van der Waals surface area contributed by atoms with Crippen LogP contribution in [0.25, 0.3) is 109 Å². The van der Waals surface area contributed by atoms with E-state index in [2.05, 4.69) is 218 Å². The second-order valence-corrected chi connectivity index (χ2v) is 20.6. The molecular formula is C60H36Si. The lowest BCUT2D eigenvalue weighted by atomic mass is 9.83. The standard InChI is InChI=1S/C60H36Si/c1-5-19-37(20-6-1)53-50-35-48-42-28-14-13-27-41(42)44-30-17-31-45(55(44)48)57(50)54(38-21-7-2-8-22-38)58-46-32-18-33-47-56(46)51(59(53)58)36-49-43-29-15-16-34-52(43)61(60(47)49,39-23-9-3-10-24-39)40-25-11-4-12-26-40/h1-36H. The number of hydrogen-bond donors (Lipinski definition) is 0. The minimum atomic E-state index is -2.79. The van der Waals surface area contributed by atoms with E-state index in [1.807, 2.05) is 0 Å². The fraction of sp³-hybridized carbons (Fsp3) is 0. The zero-order chi connectivity index (χ0) is 39.8. The van der Waals surface area contributed by atoms with Crippen molar-refractivity contribution in [3.63, 3.8) is 0 Å². The van der Waals surface area contributed by atoms with E-state index in [4.69, 9.17) is 0 Å². The quantitative estimate of drug-likeness (QED) is 0.123. The highest BCUT2D eigenvalue weighted by molar-refractivity contribution is 7.23. The molecule has 13 aromatic carbocycles. The highest BCUT2D eigenvalue weighted by atomic mass is 28.3. The van der Waals surface area contributed by atoms with Gasteiger partial charge in [0.1, 0.15) is 0 Å². The first-order chi connectivity index (χ1) is 30.3. The summed E-state index contributed by atoms with van der Waals surface area (Å²) in [5.41, 5.74) is 7.87. The molecule has 1 heteroatoms. The summed E-state index contributed by atoms with van der Waals surface area (Å²) in [5.74, 6) is 0. The molecule has 61 heavy (non-hydrogen) atoms. The van der Waals surface area contributed by atoms with Crippen LogP contribution in [-0.4, -0.2) is 8.07 Å². The van der Waals surface area contributed by atoms with E-state index < -0.39 is 8.07 Å². The smallest absolute Gasteiger partial charge is 0.0623 e. The van der Waals surface area contributed by atoms with Gasteiger partial charge in [-0.3, -0.25) is 0 Å². The van der Waals surface area contributed by atoms with Gasteiger partial charge in [-0.15, -0.1) is 0 Å². The minimum Gasteiger partial charge on any atom is -0.0623 e. The summed E-state index contributed by atoms with van der Waals surface area (Å²) in [6, 6.07) is 83.1. The third-order valence-electron chi connectivity index (χ3n) is 14.2. The Kier molecular flexibility index (Phi) is 6.67. The molecule has 1 aliphatic heterocycles. The summed E-state index contributed by atoms with van der Waals surface area (Å²) >= 11 is 0. The van der Waals surface area contributed by atoms with Crippen LogP contribution >= 0.6 is 0 Å². The van der Waals surface area contributed by atoms with E-state index in [0.29, 0.717) is 0 Å². The normalized spacial score (nSPS) is 13.4. The molecule has 0 saturated heterocycles. The molecule has 0 spiro atoms. The van der Waals surface area contributed by atoms with Gasteiger partial charge in [-0.05, 0) is 142 Å². The van der Waals surface area contributed by atoms with Crippen LogP contribution in [0.4, 0.5) is 0 Å². The molecule has 0 amide bonds. The van der Waals surface area contributed by atoms with Crippen molar-refractivity contribution in [2.24, 2.45) is 0 Å². The molecule has 0 radical (unpaired) electrons. The second kappa shape index (κ2) is 12.2. The van der Waals surface area contributed by atoms with Crippen molar-refractivity contribution in [3.05, 3.63) is 218 Å². The topological polar surface area (TPSA) is 0 Å². The molecule has 280 valence electrons. The maximum atomic E-state index is 2.62. The van der Waals surface area contributed by atoms with Crippen LogP contribution in [0.3, 0.4) is 0 Å². The summed E-state index contributed by atoms with van der Waals surface area (Å²) < 4.78 is 0. The van der Waals surface area contributed by atoms with E-state index in [9.17, 15) is 0 Å². The highest BCUT2D eigenvalue weighted by Crippen LogP contribution is 2.55. The number of hydrogen-bond acceptors (Lipinski definition) is 0. The van der Waals surface area contributed by atoms with E-state index in [-0.39, 0.29) is 0 Å². The Balaban J connectivity index is 1.28. The Morgan fingerprint density at radius 3 is 1.39 bits per heavy atom. The number of benzene rings is 11. The van der Waals surface area contributed by atoms with E-state index in [1.54, 1.807) is 0 Å². The summed E-state index contributed by atoms with van der Waals surface area (Å²) in [7, 11) is -2.79. The number of fused-ring (bicyclic) bond motifs is 12. The van der Waals surface area contributed by atoms with Crippen LogP contribution in [0.15, 0.2) is 218 Å². The Labute approximate surface area is 354 Å². The van der Waals surface area contributed by atoms with Gasteiger partial charge < -0.3 is 0 Å². The van der Waals surface area contributed by atoms with Crippen molar-refractivity contribution >= 4 is 104 Å². The van der Waals surface area contributed by atoms with Crippen molar-refractivity contribution < 1.29 is 0 Å². The lowest BCUT2D eigenvalue weighted by Crippen LogP contribution is -2.72.